The van der Waals surface area contributed by atoms with Crippen molar-refractivity contribution >= 4 is 11.6 Å². The van der Waals surface area contributed by atoms with Crippen LogP contribution in [0.1, 0.15) is 168 Å². The number of hydrogen-bond donors (Lipinski definition) is 8. The highest BCUT2D eigenvalue weighted by molar-refractivity contribution is 6.11. The normalized spacial score (nSPS) is 37.4. The summed E-state index contributed by atoms with van der Waals surface area (Å²) in [5.74, 6) is -0.197. The second-order valence-corrected chi connectivity index (χ2v) is 27.9. The molecule has 8 atom stereocenters. The molecule has 0 aromatic heterocycles. The van der Waals surface area contributed by atoms with Crippen molar-refractivity contribution in [2.75, 3.05) is 0 Å². The predicted octanol–water partition coefficient (Wildman–Crippen LogP) is 10.1. The number of aliphatic hydroxyl groups excluding tert-OH is 3. The van der Waals surface area contributed by atoms with Gasteiger partial charge in [0.15, 0.2) is 11.6 Å². The summed E-state index contributed by atoms with van der Waals surface area (Å²) in [6.45, 7) is 29.2. The molecule has 5 fully saturated rings. The molecule has 5 saturated carbocycles. The van der Waals surface area contributed by atoms with Crippen molar-refractivity contribution in [3.8, 4) is 0 Å². The van der Waals surface area contributed by atoms with Crippen LogP contribution < -0.4 is 0 Å². The van der Waals surface area contributed by atoms with Gasteiger partial charge >= 0.3 is 0 Å². The molecule has 0 bridgehead atoms. The minimum Gasteiger partial charge on any atom is -0.412 e. The van der Waals surface area contributed by atoms with E-state index in [0.717, 1.165) is 137 Å². The summed E-state index contributed by atoms with van der Waals surface area (Å²) < 4.78 is 0. The van der Waals surface area contributed by atoms with Gasteiger partial charge in [-0.2, -0.15) is 0 Å². The van der Waals surface area contributed by atoms with Crippen molar-refractivity contribution in [1.82, 2.24) is 0 Å². The van der Waals surface area contributed by atoms with E-state index in [1.807, 2.05) is 65.0 Å². The van der Waals surface area contributed by atoms with Gasteiger partial charge in [-0.3, -0.25) is 9.59 Å². The molecule has 0 heterocycles. The van der Waals surface area contributed by atoms with E-state index in [2.05, 4.69) is 65.0 Å². The molecule has 0 unspecified atom stereocenters. The summed E-state index contributed by atoms with van der Waals surface area (Å²) in [7, 11) is 0. The Bertz CT molecular complexity index is 3120. The molecule has 0 aromatic rings. The quantitative estimate of drug-likeness (QED) is 0.115. The first-order chi connectivity index (χ1) is 37.0. The van der Waals surface area contributed by atoms with Crippen LogP contribution in [0.25, 0.3) is 0 Å². The third-order valence-corrected chi connectivity index (χ3v) is 23.3. The molecular formula is C70H88O11. The van der Waals surface area contributed by atoms with E-state index in [0.29, 0.717) is 11.1 Å². The van der Waals surface area contributed by atoms with Gasteiger partial charge in [0.2, 0.25) is 0 Å². The SMILES string of the molecule is CC1=CC2=C(C)C3(CC3)[C@@](C)(O)C(=O)C2=C1.CC1=CC2=C(C)C3(CC3)[C@@](C)(O)[C@H](O)C2=C1.CC1=CC2=C(C)C3(CC3)[C@@](C)(O)[C@H](O)C2=C1.CC1=CC2=C(C)C3(CC3)[C@](C)(O)C(=O)C2=C1.CC1=CC2=C(C)C3(CC3)[C@](C)(O)[C@@H](O)C2=C1.O. The molecule has 15 aliphatic carbocycles. The second kappa shape index (κ2) is 18.3. The third kappa shape index (κ3) is 7.91. The summed E-state index contributed by atoms with van der Waals surface area (Å²) in [5.41, 5.74) is 15.1. The number of aliphatic hydroxyl groups is 8. The van der Waals surface area contributed by atoms with Gasteiger partial charge in [0.05, 0.1) is 0 Å². The van der Waals surface area contributed by atoms with Crippen molar-refractivity contribution in [3.05, 3.63) is 172 Å². The smallest absolute Gasteiger partial charge is 0.195 e. The first kappa shape index (κ1) is 59.2. The molecular weight excluding hydrogens is 1020 g/mol. The molecule has 0 radical (unpaired) electrons. The van der Waals surface area contributed by atoms with Crippen molar-refractivity contribution in [3.63, 3.8) is 0 Å². The molecule has 0 aliphatic heterocycles. The average molecular weight is 1110 g/mol. The van der Waals surface area contributed by atoms with Crippen LogP contribution in [-0.2, 0) is 9.59 Å². The van der Waals surface area contributed by atoms with Crippen LogP contribution in [0.3, 0.4) is 0 Å². The minimum absolute atomic E-state index is 0. The van der Waals surface area contributed by atoms with E-state index in [-0.39, 0.29) is 44.1 Å². The predicted molar refractivity (Wildman–Crippen MR) is 316 cm³/mol. The lowest BCUT2D eigenvalue weighted by molar-refractivity contribution is -0.138. The van der Waals surface area contributed by atoms with Crippen LogP contribution in [0.2, 0.25) is 0 Å². The van der Waals surface area contributed by atoms with Crippen molar-refractivity contribution in [1.29, 1.82) is 0 Å². The number of fused-ring (bicyclic) bond motifs is 5. The number of ketones is 2. The highest BCUT2D eigenvalue weighted by atomic mass is 16.4. The van der Waals surface area contributed by atoms with Crippen LogP contribution in [0, 0.1) is 27.1 Å². The fraction of sp³-hybridized carbons (Fsp3) is 0.543. The van der Waals surface area contributed by atoms with Gasteiger partial charge in [0.1, 0.15) is 46.3 Å². The lowest BCUT2D eigenvalue weighted by Crippen LogP contribution is -2.52. The van der Waals surface area contributed by atoms with Gasteiger partial charge in [-0.15, -0.1) is 0 Å². The molecule has 81 heavy (non-hydrogen) atoms. The standard InChI is InChI=1S/3C14H18O2.2C14H16O2.H2O/c5*1-8-6-10-9(2)14(4-5-14)13(3,16)12(15)11(10)7-8;/h3*6-7,12,15-16H,4-5H2,1-3H3;2*6-7,16H,4-5H2,1-3H3;1H2/t3*12-,13+;2*13-;/m11010./s1. The molecule has 10 N–H and O–H groups in total. The molecule has 11 nitrogen and oxygen atoms in total. The number of carbonyl (C=O) groups excluding carboxylic acids is 2. The van der Waals surface area contributed by atoms with E-state index in [1.165, 1.54) is 27.9 Å². The molecule has 11 heteroatoms. The topological polar surface area (TPSA) is 227 Å². The van der Waals surface area contributed by atoms with Crippen molar-refractivity contribution in [2.24, 2.45) is 27.1 Å². The summed E-state index contributed by atoms with van der Waals surface area (Å²) >= 11 is 0. The van der Waals surface area contributed by atoms with E-state index in [1.54, 1.807) is 34.6 Å². The largest absolute Gasteiger partial charge is 0.412 e. The van der Waals surface area contributed by atoms with Gasteiger partial charge in [-0.25, -0.2) is 0 Å². The zero-order valence-corrected chi connectivity index (χ0v) is 50.5. The molecule has 0 aromatic carbocycles. The van der Waals surface area contributed by atoms with Gasteiger partial charge in [-0.1, -0.05) is 93.2 Å². The Balaban J connectivity index is 0.000000113. The number of carbonyl (C=O) groups is 2. The van der Waals surface area contributed by atoms with Crippen LogP contribution in [0.5, 0.6) is 0 Å². The van der Waals surface area contributed by atoms with Crippen LogP contribution in [0.15, 0.2) is 172 Å². The Morgan fingerprint density at radius 2 is 0.519 bits per heavy atom. The third-order valence-electron chi connectivity index (χ3n) is 23.3. The monoisotopic (exact) mass is 1100 g/mol. The second-order valence-electron chi connectivity index (χ2n) is 27.9. The van der Waals surface area contributed by atoms with Crippen LogP contribution >= 0.6 is 0 Å². The highest BCUT2D eigenvalue weighted by Gasteiger charge is 2.68. The summed E-state index contributed by atoms with van der Waals surface area (Å²) in [5, 5.41) is 83.7. The fourth-order valence-corrected chi connectivity index (χ4v) is 16.8. The van der Waals surface area contributed by atoms with Crippen LogP contribution in [0.4, 0.5) is 0 Å². The van der Waals surface area contributed by atoms with Gasteiger partial charge < -0.3 is 46.3 Å². The zero-order valence-electron chi connectivity index (χ0n) is 50.5. The Hall–Kier alpha value is -4.92. The van der Waals surface area contributed by atoms with Crippen molar-refractivity contribution < 1.29 is 55.9 Å². The molecule has 15 rings (SSSR count). The number of rotatable bonds is 0. The Morgan fingerprint density at radius 1 is 0.321 bits per heavy atom. The number of hydrogen-bond acceptors (Lipinski definition) is 10. The summed E-state index contributed by atoms with van der Waals surface area (Å²) in [6, 6.07) is 0. The van der Waals surface area contributed by atoms with E-state index >= 15 is 0 Å². The average Bonchev–Trinajstić information content (AvgIpc) is 3.90. The Morgan fingerprint density at radius 3 is 0.741 bits per heavy atom. The minimum atomic E-state index is -1.20. The molecule has 5 spiro atoms. The fourth-order valence-electron chi connectivity index (χ4n) is 16.8. The van der Waals surface area contributed by atoms with E-state index in [4.69, 9.17) is 0 Å². The maximum atomic E-state index is 12.3. The number of Topliss-reactive ketones (excluding diaryl/α,β-unsaturated/α-hetero) is 2. The Kier molecular flexibility index (Phi) is 13.4. The van der Waals surface area contributed by atoms with E-state index < -0.39 is 46.3 Å². The zero-order chi connectivity index (χ0) is 58.6. The molecule has 0 amide bonds. The maximum Gasteiger partial charge on any atom is 0.195 e. The summed E-state index contributed by atoms with van der Waals surface area (Å²) in [4.78, 5) is 24.6. The molecule has 15 aliphatic rings. The van der Waals surface area contributed by atoms with E-state index in [9.17, 15) is 50.4 Å². The lowest BCUT2D eigenvalue weighted by atomic mass is 9.67. The summed E-state index contributed by atoms with van der Waals surface area (Å²) in [6.07, 6.45) is 27.7. The molecule has 434 valence electrons. The van der Waals surface area contributed by atoms with Crippen molar-refractivity contribution in [2.45, 2.75) is 214 Å². The first-order valence-corrected chi connectivity index (χ1v) is 29.3. The van der Waals surface area contributed by atoms with Gasteiger partial charge in [-0.05, 0) is 236 Å². The highest BCUT2D eigenvalue weighted by Crippen LogP contribution is 2.69. The maximum absolute atomic E-state index is 12.3. The van der Waals surface area contributed by atoms with Gasteiger partial charge in [0, 0.05) is 38.2 Å². The lowest BCUT2D eigenvalue weighted by Gasteiger charge is -2.44. The van der Waals surface area contributed by atoms with Crippen LogP contribution in [-0.4, -0.2) is 104 Å². The molecule has 0 saturated heterocycles. The first-order valence-electron chi connectivity index (χ1n) is 29.3. The Labute approximate surface area is 479 Å². The van der Waals surface area contributed by atoms with Gasteiger partial charge in [0.25, 0.3) is 0 Å². The number of allylic oxidation sites excluding steroid dienone is 17.